The predicted octanol–water partition coefficient (Wildman–Crippen LogP) is 1.11. The second-order valence-electron chi connectivity index (χ2n) is 8.22. The molecule has 2 unspecified atom stereocenters. The van der Waals surface area contributed by atoms with Crippen molar-refractivity contribution in [1.29, 1.82) is 0 Å². The maximum Gasteiger partial charge on any atom is 0.267 e. The zero-order chi connectivity index (χ0) is 21.1. The molecule has 1 aromatic carbocycles. The van der Waals surface area contributed by atoms with Crippen LogP contribution in [0, 0.1) is 0 Å². The highest BCUT2D eigenvalue weighted by Crippen LogP contribution is 2.25. The predicted molar refractivity (Wildman–Crippen MR) is 114 cm³/mol. The highest BCUT2D eigenvalue weighted by molar-refractivity contribution is 7.91. The molecule has 162 valence electrons. The zero-order valence-electron chi connectivity index (χ0n) is 17.0. The van der Waals surface area contributed by atoms with Crippen molar-refractivity contribution >= 4 is 27.4 Å². The summed E-state index contributed by atoms with van der Waals surface area (Å²) in [6, 6.07) is 9.78. The molecule has 0 bridgehead atoms. The molecule has 0 aliphatic carbocycles. The smallest absolute Gasteiger partial charge is 0.267 e. The molecule has 3 aliphatic heterocycles. The van der Waals surface area contributed by atoms with Gasteiger partial charge in [0.1, 0.15) is 5.71 Å². The first kappa shape index (κ1) is 21.0. The average molecular weight is 433 g/mol. The average Bonchev–Trinajstić information content (AvgIpc) is 3.39. The Balaban J connectivity index is 1.44. The van der Waals surface area contributed by atoms with Gasteiger partial charge in [0.2, 0.25) is 5.91 Å². The molecule has 0 saturated carbocycles. The third-order valence-electron chi connectivity index (χ3n) is 6.10. The number of carbonyl (C=O) groups is 2. The van der Waals surface area contributed by atoms with Gasteiger partial charge in [-0.1, -0.05) is 30.3 Å². The highest BCUT2D eigenvalue weighted by atomic mass is 32.2. The molecule has 8 nitrogen and oxygen atoms in total. The summed E-state index contributed by atoms with van der Waals surface area (Å²) in [5.41, 5.74) is 1.46. The van der Waals surface area contributed by atoms with Gasteiger partial charge in [-0.2, -0.15) is 5.10 Å². The van der Waals surface area contributed by atoms with Gasteiger partial charge in [0.15, 0.2) is 9.84 Å². The molecule has 0 aromatic heterocycles. The first-order valence-electron chi connectivity index (χ1n) is 10.6. The van der Waals surface area contributed by atoms with Crippen LogP contribution < -0.4 is 5.32 Å². The van der Waals surface area contributed by atoms with Crippen molar-refractivity contribution in [2.45, 2.75) is 44.2 Å². The van der Waals surface area contributed by atoms with Crippen LogP contribution in [0.5, 0.6) is 0 Å². The lowest BCUT2D eigenvalue weighted by Crippen LogP contribution is -2.45. The van der Waals surface area contributed by atoms with Gasteiger partial charge in [0.05, 0.1) is 23.6 Å². The van der Waals surface area contributed by atoms with E-state index >= 15 is 0 Å². The van der Waals surface area contributed by atoms with Crippen molar-refractivity contribution in [3.05, 3.63) is 35.9 Å². The number of benzene rings is 1. The lowest BCUT2D eigenvalue weighted by Gasteiger charge is -2.29. The van der Waals surface area contributed by atoms with Gasteiger partial charge in [-0.05, 0) is 37.9 Å². The number of rotatable bonds is 6. The monoisotopic (exact) mass is 432 g/mol. The number of hydrogen-bond donors (Lipinski definition) is 1. The van der Waals surface area contributed by atoms with Crippen molar-refractivity contribution in [1.82, 2.24) is 15.2 Å². The molecule has 4 rings (SSSR count). The lowest BCUT2D eigenvalue weighted by molar-refractivity contribution is -0.133. The van der Waals surface area contributed by atoms with Crippen molar-refractivity contribution in [3.63, 3.8) is 0 Å². The molecule has 30 heavy (non-hydrogen) atoms. The fourth-order valence-electron chi connectivity index (χ4n) is 4.47. The van der Waals surface area contributed by atoms with E-state index in [1.807, 2.05) is 18.2 Å². The maximum absolute atomic E-state index is 12.8. The van der Waals surface area contributed by atoms with Crippen LogP contribution in [-0.4, -0.2) is 73.0 Å². The van der Waals surface area contributed by atoms with E-state index in [4.69, 9.17) is 0 Å². The van der Waals surface area contributed by atoms with E-state index in [1.165, 1.54) is 10.6 Å². The van der Waals surface area contributed by atoms with E-state index in [1.54, 1.807) is 0 Å². The molecule has 3 aliphatic rings. The number of hydrazone groups is 1. The first-order valence-corrected chi connectivity index (χ1v) is 12.4. The van der Waals surface area contributed by atoms with Crippen LogP contribution in [0.3, 0.4) is 0 Å². The van der Waals surface area contributed by atoms with Gasteiger partial charge in [-0.25, -0.2) is 13.4 Å². The molecule has 3 heterocycles. The number of nitrogens with zero attached hydrogens (tertiary/aromatic N) is 3. The second kappa shape index (κ2) is 8.85. The largest absolute Gasteiger partial charge is 0.349 e. The second-order valence-corrected chi connectivity index (χ2v) is 10.5. The van der Waals surface area contributed by atoms with Crippen molar-refractivity contribution in [2.24, 2.45) is 5.10 Å². The van der Waals surface area contributed by atoms with E-state index in [2.05, 4.69) is 27.5 Å². The van der Waals surface area contributed by atoms with Crippen LogP contribution in [0.25, 0.3) is 0 Å². The summed E-state index contributed by atoms with van der Waals surface area (Å²) in [7, 11) is -3.14. The standard InChI is InChI=1S/C21H28N4O4S/c26-20-9-8-18(23-25(20)17-10-13-30(28,29)15-17)21(27)22-14-19(24-11-4-5-12-24)16-6-2-1-3-7-16/h1-3,6-7,17,19H,4-5,8-15H2,(H,22,27). The molecule has 9 heteroatoms. The van der Waals surface area contributed by atoms with Gasteiger partial charge in [-0.15, -0.1) is 0 Å². The summed E-state index contributed by atoms with van der Waals surface area (Å²) in [6.45, 7) is 2.48. The van der Waals surface area contributed by atoms with Crippen LogP contribution in [0.2, 0.25) is 0 Å². The van der Waals surface area contributed by atoms with Crippen LogP contribution in [0.4, 0.5) is 0 Å². The molecule has 2 amide bonds. The van der Waals surface area contributed by atoms with Gasteiger partial charge in [0.25, 0.3) is 5.91 Å². The van der Waals surface area contributed by atoms with E-state index in [0.717, 1.165) is 25.9 Å². The molecule has 0 radical (unpaired) electrons. The SMILES string of the molecule is O=C(NCC(c1ccccc1)N1CCCC1)C1=NN(C2CCS(=O)(=O)C2)C(=O)CC1. The fraction of sp³-hybridized carbons (Fsp3) is 0.571. The zero-order valence-corrected chi connectivity index (χ0v) is 17.8. The Labute approximate surface area is 177 Å². The third kappa shape index (κ3) is 4.73. The molecule has 2 saturated heterocycles. The molecular weight excluding hydrogens is 404 g/mol. The third-order valence-corrected chi connectivity index (χ3v) is 7.85. The minimum Gasteiger partial charge on any atom is -0.349 e. The Hall–Kier alpha value is -2.26. The van der Waals surface area contributed by atoms with Crippen molar-refractivity contribution in [3.8, 4) is 0 Å². The molecule has 2 fully saturated rings. The fourth-order valence-corrected chi connectivity index (χ4v) is 6.16. The van der Waals surface area contributed by atoms with Crippen LogP contribution in [-0.2, 0) is 19.4 Å². The summed E-state index contributed by atoms with van der Waals surface area (Å²) >= 11 is 0. The molecule has 0 spiro atoms. The van der Waals surface area contributed by atoms with Gasteiger partial charge in [0, 0.05) is 19.4 Å². The van der Waals surface area contributed by atoms with Crippen molar-refractivity contribution in [2.75, 3.05) is 31.1 Å². The molecule has 1 N–H and O–H groups in total. The van der Waals surface area contributed by atoms with E-state index in [-0.39, 0.29) is 42.2 Å². The topological polar surface area (TPSA) is 99.2 Å². The minimum absolute atomic E-state index is 0.0626. The van der Waals surface area contributed by atoms with Gasteiger partial charge < -0.3 is 5.32 Å². The number of carbonyl (C=O) groups excluding carboxylic acids is 2. The van der Waals surface area contributed by atoms with Gasteiger partial charge in [-0.3, -0.25) is 14.5 Å². The normalized spacial score (nSPS) is 25.2. The Morgan fingerprint density at radius 2 is 1.90 bits per heavy atom. The maximum atomic E-state index is 12.8. The summed E-state index contributed by atoms with van der Waals surface area (Å²) in [5, 5.41) is 8.51. The lowest BCUT2D eigenvalue weighted by atomic mass is 10.1. The highest BCUT2D eigenvalue weighted by Gasteiger charge is 2.37. The van der Waals surface area contributed by atoms with Crippen LogP contribution in [0.15, 0.2) is 35.4 Å². The van der Waals surface area contributed by atoms with Crippen LogP contribution >= 0.6 is 0 Å². The summed E-state index contributed by atoms with van der Waals surface area (Å²) in [6.07, 6.45) is 3.14. The first-order chi connectivity index (χ1) is 14.4. The Kier molecular flexibility index (Phi) is 6.19. The molecule has 2 atom stereocenters. The molecule has 1 aromatic rings. The number of likely N-dealkylation sites (tertiary alicyclic amines) is 1. The van der Waals surface area contributed by atoms with Crippen LogP contribution in [0.1, 0.15) is 43.7 Å². The Morgan fingerprint density at radius 1 is 1.17 bits per heavy atom. The van der Waals surface area contributed by atoms with E-state index in [0.29, 0.717) is 18.7 Å². The summed E-state index contributed by atoms with van der Waals surface area (Å²) in [5.74, 6) is -0.517. The molecular formula is C21H28N4O4S. The summed E-state index contributed by atoms with van der Waals surface area (Å²) in [4.78, 5) is 27.5. The van der Waals surface area contributed by atoms with E-state index in [9.17, 15) is 18.0 Å². The number of nitrogens with one attached hydrogen (secondary N) is 1. The Bertz CT molecular complexity index is 926. The number of hydrogen-bond acceptors (Lipinski definition) is 6. The number of amides is 2. The van der Waals surface area contributed by atoms with E-state index < -0.39 is 15.9 Å². The Morgan fingerprint density at radius 3 is 2.57 bits per heavy atom. The quantitative estimate of drug-likeness (QED) is 0.726. The number of sulfone groups is 1. The van der Waals surface area contributed by atoms with Crippen molar-refractivity contribution < 1.29 is 18.0 Å². The summed E-state index contributed by atoms with van der Waals surface area (Å²) < 4.78 is 23.5. The minimum atomic E-state index is -3.14. The van der Waals surface area contributed by atoms with Gasteiger partial charge >= 0.3 is 0 Å².